The van der Waals surface area contributed by atoms with Gasteiger partial charge in [0.2, 0.25) is 0 Å². The predicted molar refractivity (Wildman–Crippen MR) is 106 cm³/mol. The molecule has 0 aliphatic rings. The van der Waals surface area contributed by atoms with Crippen molar-refractivity contribution in [3.05, 3.63) is 59.7 Å². The zero-order valence-corrected chi connectivity index (χ0v) is 17.0. The molecule has 124 valence electrons. The Hall–Kier alpha value is -1.57. The lowest BCUT2D eigenvalue weighted by molar-refractivity contribution is 0.558. The molecule has 0 spiro atoms. The van der Waals surface area contributed by atoms with Crippen molar-refractivity contribution in [2.45, 2.75) is 40.0 Å². The van der Waals surface area contributed by atoms with Crippen LogP contribution in [0.3, 0.4) is 0 Å². The smallest absolute Gasteiger partial charge is 0.282 e. The Balaban J connectivity index is 2.09. The molecule has 0 aromatic heterocycles. The second-order valence-electron chi connectivity index (χ2n) is 7.00. The predicted octanol–water partition coefficient (Wildman–Crippen LogP) is 5.25. The van der Waals surface area contributed by atoms with E-state index in [0.29, 0.717) is 0 Å². The van der Waals surface area contributed by atoms with E-state index >= 15 is 0 Å². The summed E-state index contributed by atoms with van der Waals surface area (Å²) in [4.78, 5) is 7.31. The number of hydrogen-bond acceptors (Lipinski definition) is 3. The lowest BCUT2D eigenvalue weighted by Gasteiger charge is -2.35. The van der Waals surface area contributed by atoms with Gasteiger partial charge in [0, 0.05) is 11.4 Å². The van der Waals surface area contributed by atoms with Crippen LogP contribution in [0.4, 0.5) is 11.4 Å². The SMILES string of the molecule is Cc1ccccc1N[Si](C)(C)O[Si](C)(C)Nc1ccccc1C. The number of benzene rings is 2. The highest BCUT2D eigenvalue weighted by molar-refractivity contribution is 6.87. The van der Waals surface area contributed by atoms with E-state index in [1.54, 1.807) is 0 Å². The third-order valence-electron chi connectivity index (χ3n) is 3.67. The maximum atomic E-state index is 6.60. The lowest BCUT2D eigenvalue weighted by Crippen LogP contribution is -2.54. The van der Waals surface area contributed by atoms with Gasteiger partial charge in [-0.3, -0.25) is 0 Å². The van der Waals surface area contributed by atoms with Crippen LogP contribution >= 0.6 is 0 Å². The first kappa shape index (κ1) is 17.8. The second-order valence-corrected chi connectivity index (χ2v) is 14.4. The highest BCUT2D eigenvalue weighted by Gasteiger charge is 2.34. The van der Waals surface area contributed by atoms with E-state index < -0.39 is 17.0 Å². The Labute approximate surface area is 142 Å². The van der Waals surface area contributed by atoms with Crippen molar-refractivity contribution in [1.29, 1.82) is 0 Å². The zero-order chi connectivity index (χ0) is 17.1. The van der Waals surface area contributed by atoms with Crippen LogP contribution in [0.15, 0.2) is 48.5 Å². The average molecular weight is 345 g/mol. The van der Waals surface area contributed by atoms with Crippen LogP contribution in [0.2, 0.25) is 26.2 Å². The molecule has 2 aromatic rings. The van der Waals surface area contributed by atoms with Crippen LogP contribution < -0.4 is 9.96 Å². The molecular weight excluding hydrogens is 316 g/mol. The summed E-state index contributed by atoms with van der Waals surface area (Å²) >= 11 is 0. The fourth-order valence-electron chi connectivity index (χ4n) is 2.76. The summed E-state index contributed by atoms with van der Waals surface area (Å²) in [6.45, 7) is 13.1. The molecule has 5 heteroatoms. The van der Waals surface area contributed by atoms with Gasteiger partial charge in [0.25, 0.3) is 17.0 Å². The van der Waals surface area contributed by atoms with Gasteiger partial charge < -0.3 is 14.1 Å². The molecule has 0 saturated heterocycles. The van der Waals surface area contributed by atoms with Crippen LogP contribution in [-0.4, -0.2) is 17.0 Å². The summed E-state index contributed by atoms with van der Waals surface area (Å²) in [5.41, 5.74) is 4.85. The van der Waals surface area contributed by atoms with Crippen molar-refractivity contribution >= 4 is 28.3 Å². The van der Waals surface area contributed by atoms with Crippen LogP contribution in [0.5, 0.6) is 0 Å². The minimum Gasteiger partial charge on any atom is -0.424 e. The number of hydrogen-bond donors (Lipinski definition) is 2. The van der Waals surface area contributed by atoms with Crippen LogP contribution in [0.1, 0.15) is 11.1 Å². The Morgan fingerprint density at radius 3 is 1.35 bits per heavy atom. The normalized spacial score (nSPS) is 12.1. The van der Waals surface area contributed by atoms with Crippen molar-refractivity contribution in [3.8, 4) is 0 Å². The van der Waals surface area contributed by atoms with E-state index in [-0.39, 0.29) is 0 Å². The number of aryl methyl sites for hydroxylation is 2. The molecule has 0 heterocycles. The van der Waals surface area contributed by atoms with Crippen molar-refractivity contribution in [2.24, 2.45) is 0 Å². The molecule has 0 bridgehead atoms. The molecule has 2 aromatic carbocycles. The Bertz CT molecular complexity index is 614. The number of nitrogens with one attached hydrogen (secondary N) is 2. The number of para-hydroxylation sites is 2. The molecule has 0 saturated carbocycles. The summed E-state index contributed by atoms with van der Waals surface area (Å²) in [5, 5.41) is 0. The van der Waals surface area contributed by atoms with Crippen LogP contribution in [0, 0.1) is 13.8 Å². The van der Waals surface area contributed by atoms with Gasteiger partial charge >= 0.3 is 0 Å². The summed E-state index contributed by atoms with van der Waals surface area (Å²) in [5.74, 6) is 0. The van der Waals surface area contributed by atoms with Crippen LogP contribution in [0.25, 0.3) is 0 Å². The Kier molecular flexibility index (Phi) is 5.34. The van der Waals surface area contributed by atoms with E-state index in [4.69, 9.17) is 4.12 Å². The fraction of sp³-hybridized carbons (Fsp3) is 0.333. The number of anilines is 2. The first-order valence-corrected chi connectivity index (χ1v) is 13.9. The van der Waals surface area contributed by atoms with Crippen molar-refractivity contribution in [3.63, 3.8) is 0 Å². The van der Waals surface area contributed by atoms with Crippen LogP contribution in [-0.2, 0) is 4.12 Å². The monoisotopic (exact) mass is 344 g/mol. The van der Waals surface area contributed by atoms with Gasteiger partial charge in [-0.2, -0.15) is 0 Å². The molecule has 0 amide bonds. The molecule has 23 heavy (non-hydrogen) atoms. The van der Waals surface area contributed by atoms with Gasteiger partial charge in [0.05, 0.1) is 0 Å². The van der Waals surface area contributed by atoms with Gasteiger partial charge in [-0.15, -0.1) is 0 Å². The molecule has 0 aliphatic carbocycles. The van der Waals surface area contributed by atoms with E-state index in [9.17, 15) is 0 Å². The van der Waals surface area contributed by atoms with E-state index in [1.807, 2.05) is 0 Å². The van der Waals surface area contributed by atoms with Crippen molar-refractivity contribution < 1.29 is 4.12 Å². The maximum Gasteiger partial charge on any atom is 0.282 e. The molecule has 0 fully saturated rings. The zero-order valence-electron chi connectivity index (χ0n) is 15.0. The molecular formula is C18H28N2OSi2. The second kappa shape index (κ2) is 6.90. The molecule has 2 N–H and O–H groups in total. The maximum absolute atomic E-state index is 6.60. The van der Waals surface area contributed by atoms with Gasteiger partial charge in [0.15, 0.2) is 0 Å². The van der Waals surface area contributed by atoms with Gasteiger partial charge in [-0.1, -0.05) is 36.4 Å². The molecule has 0 atom stereocenters. The van der Waals surface area contributed by atoms with Gasteiger partial charge in [0.1, 0.15) is 0 Å². The van der Waals surface area contributed by atoms with Gasteiger partial charge in [-0.25, -0.2) is 0 Å². The largest absolute Gasteiger partial charge is 0.424 e. The topological polar surface area (TPSA) is 33.3 Å². The molecule has 0 unspecified atom stereocenters. The Morgan fingerprint density at radius 2 is 1.00 bits per heavy atom. The summed E-state index contributed by atoms with van der Waals surface area (Å²) in [6, 6.07) is 16.8. The van der Waals surface area contributed by atoms with Crippen molar-refractivity contribution in [2.75, 3.05) is 9.96 Å². The highest BCUT2D eigenvalue weighted by Crippen LogP contribution is 2.23. The number of rotatable bonds is 6. The molecule has 2 rings (SSSR count). The minimum atomic E-state index is -2.03. The van der Waals surface area contributed by atoms with E-state index in [2.05, 4.69) is 98.5 Å². The molecule has 0 aliphatic heterocycles. The molecule has 3 nitrogen and oxygen atoms in total. The third kappa shape index (κ3) is 5.23. The summed E-state index contributed by atoms with van der Waals surface area (Å²) in [7, 11) is -4.07. The first-order valence-electron chi connectivity index (χ1n) is 8.06. The van der Waals surface area contributed by atoms with E-state index in [0.717, 1.165) is 0 Å². The Morgan fingerprint density at radius 1 is 0.652 bits per heavy atom. The van der Waals surface area contributed by atoms with Crippen molar-refractivity contribution in [1.82, 2.24) is 0 Å². The fourth-order valence-corrected chi connectivity index (χ4v) is 10.1. The first-order chi connectivity index (χ1) is 10.7. The van der Waals surface area contributed by atoms with E-state index in [1.165, 1.54) is 22.5 Å². The summed E-state index contributed by atoms with van der Waals surface area (Å²) in [6.07, 6.45) is 0. The van der Waals surface area contributed by atoms with Gasteiger partial charge in [-0.05, 0) is 63.3 Å². The minimum absolute atomic E-state index is 1.17. The average Bonchev–Trinajstić information content (AvgIpc) is 2.42. The lowest BCUT2D eigenvalue weighted by atomic mass is 10.2. The third-order valence-corrected chi connectivity index (χ3v) is 9.50. The highest BCUT2D eigenvalue weighted by atomic mass is 28.4. The molecule has 0 radical (unpaired) electrons. The quantitative estimate of drug-likeness (QED) is 0.702. The standard InChI is InChI=1S/C18H28N2OSi2/c1-15-11-7-9-13-17(15)19-22(3,4)21-23(5,6)20-18-14-10-8-12-16(18)2/h7-14,19-20H,1-6H3. The summed E-state index contributed by atoms with van der Waals surface area (Å²) < 4.78 is 6.60.